The lowest BCUT2D eigenvalue weighted by molar-refractivity contribution is 0.174. The SMILES string of the molecule is CNc1ccn2cc(-c3ccc4c(c3)OCCCO4)nc2c1.FCCNc1ccn2cc(-c3ccc4c(c3)OCO4)nc2c1. The van der Waals surface area contributed by atoms with E-state index >= 15 is 0 Å². The molecule has 2 aromatic carbocycles. The van der Waals surface area contributed by atoms with Crippen molar-refractivity contribution in [2.45, 2.75) is 6.42 Å². The fourth-order valence-corrected chi connectivity index (χ4v) is 5.08. The Balaban J connectivity index is 0.000000142. The van der Waals surface area contributed by atoms with E-state index in [0.29, 0.717) is 19.8 Å². The topological polar surface area (TPSA) is 95.6 Å². The van der Waals surface area contributed by atoms with Gasteiger partial charge in [-0.25, -0.2) is 14.4 Å². The number of imidazole rings is 2. The third-order valence-corrected chi connectivity index (χ3v) is 7.34. The van der Waals surface area contributed by atoms with Crippen molar-refractivity contribution in [3.8, 4) is 45.5 Å². The maximum Gasteiger partial charge on any atom is 0.231 e. The smallest absolute Gasteiger partial charge is 0.231 e. The maximum atomic E-state index is 12.2. The number of aromatic nitrogens is 4. The second-order valence-electron chi connectivity index (χ2n) is 10.3. The van der Waals surface area contributed by atoms with Crippen LogP contribution in [0.5, 0.6) is 23.0 Å². The highest BCUT2D eigenvalue weighted by atomic mass is 19.1. The van der Waals surface area contributed by atoms with E-state index in [4.69, 9.17) is 23.9 Å². The fraction of sp³-hybridized carbons (Fsp3) is 0.212. The number of pyridine rings is 2. The van der Waals surface area contributed by atoms with Crippen LogP contribution in [-0.2, 0) is 0 Å². The molecule has 2 aliphatic heterocycles. The molecule has 0 saturated carbocycles. The molecule has 0 bridgehead atoms. The number of nitrogens with zero attached hydrogens (tertiary/aromatic N) is 4. The highest BCUT2D eigenvalue weighted by Crippen LogP contribution is 2.36. The first-order valence-electron chi connectivity index (χ1n) is 14.4. The van der Waals surface area contributed by atoms with Crippen LogP contribution < -0.4 is 29.6 Å². The van der Waals surface area contributed by atoms with Crippen molar-refractivity contribution < 1.29 is 23.3 Å². The zero-order valence-electron chi connectivity index (χ0n) is 24.1. The number of nitrogens with one attached hydrogen (secondary N) is 2. The monoisotopic (exact) mass is 594 g/mol. The Bertz CT molecular complexity index is 1940. The van der Waals surface area contributed by atoms with Crippen LogP contribution in [0.25, 0.3) is 33.8 Å². The molecule has 10 nitrogen and oxygen atoms in total. The minimum Gasteiger partial charge on any atom is -0.490 e. The summed E-state index contributed by atoms with van der Waals surface area (Å²) in [5.74, 6) is 3.09. The molecular formula is C33H31FN6O4. The van der Waals surface area contributed by atoms with Crippen LogP contribution in [0.1, 0.15) is 6.42 Å². The average Bonchev–Trinajstić information content (AvgIpc) is 3.77. The molecule has 44 heavy (non-hydrogen) atoms. The summed E-state index contributed by atoms with van der Waals surface area (Å²) in [6.07, 6.45) is 8.78. The Morgan fingerprint density at radius 2 is 1.27 bits per heavy atom. The van der Waals surface area contributed by atoms with E-state index in [1.165, 1.54) is 0 Å². The first kappa shape index (κ1) is 27.4. The van der Waals surface area contributed by atoms with Crippen molar-refractivity contribution in [1.82, 2.24) is 18.8 Å². The summed E-state index contributed by atoms with van der Waals surface area (Å²) in [5, 5.41) is 6.13. The van der Waals surface area contributed by atoms with Crippen LogP contribution in [0.15, 0.2) is 85.5 Å². The van der Waals surface area contributed by atoms with Gasteiger partial charge in [-0.15, -0.1) is 0 Å². The predicted octanol–water partition coefficient (Wildman–Crippen LogP) is 6.32. The molecule has 0 aliphatic carbocycles. The van der Waals surface area contributed by atoms with Gasteiger partial charge in [-0.3, -0.25) is 0 Å². The van der Waals surface area contributed by atoms with E-state index in [0.717, 1.165) is 74.6 Å². The van der Waals surface area contributed by atoms with Gasteiger partial charge in [-0.2, -0.15) is 0 Å². The third kappa shape index (κ3) is 5.63. The maximum absolute atomic E-state index is 12.2. The first-order chi connectivity index (χ1) is 21.7. The normalized spacial score (nSPS) is 13.3. The summed E-state index contributed by atoms with van der Waals surface area (Å²) in [6, 6.07) is 19.6. The van der Waals surface area contributed by atoms with Crippen molar-refractivity contribution >= 4 is 22.7 Å². The number of fused-ring (bicyclic) bond motifs is 4. The van der Waals surface area contributed by atoms with Crippen molar-refractivity contribution in [1.29, 1.82) is 0 Å². The first-order valence-corrected chi connectivity index (χ1v) is 14.4. The summed E-state index contributed by atoms with van der Waals surface area (Å²) in [5.41, 5.74) is 7.37. The Morgan fingerprint density at radius 1 is 0.705 bits per heavy atom. The molecule has 6 heterocycles. The molecule has 6 aromatic rings. The summed E-state index contributed by atoms with van der Waals surface area (Å²) in [4.78, 5) is 9.30. The molecule has 11 heteroatoms. The van der Waals surface area contributed by atoms with E-state index < -0.39 is 6.67 Å². The molecule has 0 unspecified atom stereocenters. The van der Waals surface area contributed by atoms with E-state index in [2.05, 4.69) is 15.6 Å². The number of alkyl halides is 1. The third-order valence-electron chi connectivity index (χ3n) is 7.34. The zero-order valence-corrected chi connectivity index (χ0v) is 24.1. The van der Waals surface area contributed by atoms with E-state index in [9.17, 15) is 4.39 Å². The van der Waals surface area contributed by atoms with Gasteiger partial charge in [-0.05, 0) is 48.5 Å². The Labute approximate surface area is 253 Å². The van der Waals surface area contributed by atoms with Crippen molar-refractivity contribution in [3.05, 3.63) is 85.5 Å². The number of halogens is 1. The number of hydrogen-bond donors (Lipinski definition) is 2. The molecule has 0 saturated heterocycles. The number of ether oxygens (including phenoxy) is 4. The summed E-state index contributed by atoms with van der Waals surface area (Å²) in [7, 11) is 1.90. The van der Waals surface area contributed by atoms with Gasteiger partial charge in [-0.1, -0.05) is 0 Å². The second-order valence-corrected chi connectivity index (χ2v) is 10.3. The van der Waals surface area contributed by atoms with Gasteiger partial charge in [0, 0.05) is 79.4 Å². The lowest BCUT2D eigenvalue weighted by atomic mass is 10.1. The lowest BCUT2D eigenvalue weighted by Crippen LogP contribution is -2.02. The second kappa shape index (κ2) is 12.0. The number of anilines is 2. The minimum absolute atomic E-state index is 0.257. The van der Waals surface area contributed by atoms with Gasteiger partial charge in [0.2, 0.25) is 6.79 Å². The predicted molar refractivity (Wildman–Crippen MR) is 167 cm³/mol. The highest BCUT2D eigenvalue weighted by molar-refractivity contribution is 5.69. The van der Waals surface area contributed by atoms with E-state index in [1.807, 2.05) is 101 Å². The molecule has 0 fully saturated rings. The lowest BCUT2D eigenvalue weighted by Gasteiger charge is -2.07. The zero-order chi connectivity index (χ0) is 29.9. The van der Waals surface area contributed by atoms with E-state index in [1.54, 1.807) is 0 Å². The standard InChI is InChI=1S/C17H17N3O2.C16H14FN3O2/c1-18-13-5-6-20-11-14(19-17(20)10-13)12-3-4-15-16(9-12)22-8-2-7-21-15;17-4-5-18-12-3-6-20-9-13(19-16(20)8-12)11-1-2-14-15(7-11)22-10-21-14/h3-6,9-11,18H,2,7-8H2,1H3;1-3,6-9,18H,4-5,10H2. The van der Waals surface area contributed by atoms with Crippen LogP contribution in [0.4, 0.5) is 15.8 Å². The highest BCUT2D eigenvalue weighted by Gasteiger charge is 2.16. The molecule has 0 spiro atoms. The molecule has 0 amide bonds. The Kier molecular flexibility index (Phi) is 7.49. The molecule has 2 aliphatic rings. The quantitative estimate of drug-likeness (QED) is 0.232. The molecule has 8 rings (SSSR count). The van der Waals surface area contributed by atoms with Crippen LogP contribution in [0.3, 0.4) is 0 Å². The number of rotatable bonds is 6. The van der Waals surface area contributed by atoms with Crippen molar-refractivity contribution in [2.24, 2.45) is 0 Å². The van der Waals surface area contributed by atoms with Gasteiger partial charge in [0.05, 0.1) is 24.6 Å². The molecule has 0 atom stereocenters. The van der Waals surface area contributed by atoms with Crippen LogP contribution in [-0.4, -0.2) is 59.0 Å². The van der Waals surface area contributed by atoms with Gasteiger partial charge >= 0.3 is 0 Å². The Morgan fingerprint density at radius 3 is 1.93 bits per heavy atom. The van der Waals surface area contributed by atoms with Crippen LogP contribution in [0.2, 0.25) is 0 Å². The van der Waals surface area contributed by atoms with Gasteiger partial charge in [0.1, 0.15) is 18.0 Å². The Hall–Kier alpha value is -5.45. The van der Waals surface area contributed by atoms with Gasteiger partial charge in [0.25, 0.3) is 0 Å². The summed E-state index contributed by atoms with van der Waals surface area (Å²) < 4.78 is 38.3. The van der Waals surface area contributed by atoms with Gasteiger partial charge < -0.3 is 38.4 Å². The van der Waals surface area contributed by atoms with Crippen molar-refractivity contribution in [3.63, 3.8) is 0 Å². The van der Waals surface area contributed by atoms with Crippen LogP contribution >= 0.6 is 0 Å². The average molecular weight is 595 g/mol. The fourth-order valence-electron chi connectivity index (χ4n) is 5.08. The van der Waals surface area contributed by atoms with Gasteiger partial charge in [0.15, 0.2) is 23.0 Å². The largest absolute Gasteiger partial charge is 0.490 e. The molecule has 4 aromatic heterocycles. The summed E-state index contributed by atoms with van der Waals surface area (Å²) >= 11 is 0. The molecule has 0 radical (unpaired) electrons. The molecule has 2 N–H and O–H groups in total. The van der Waals surface area contributed by atoms with Crippen LogP contribution in [0, 0.1) is 0 Å². The summed E-state index contributed by atoms with van der Waals surface area (Å²) in [6.45, 7) is 1.54. The minimum atomic E-state index is -0.401. The number of hydrogen-bond acceptors (Lipinski definition) is 8. The van der Waals surface area contributed by atoms with E-state index in [-0.39, 0.29) is 6.79 Å². The van der Waals surface area contributed by atoms with Crippen molar-refractivity contribution in [2.75, 3.05) is 50.9 Å². The molecule has 224 valence electrons. The molecular weight excluding hydrogens is 563 g/mol. The number of benzene rings is 2.